The average molecular weight is 446 g/mol. The second-order valence-corrected chi connectivity index (χ2v) is 9.26. The van der Waals surface area contributed by atoms with Gasteiger partial charge < -0.3 is 10.1 Å². The number of carbonyl (C=O) groups excluding carboxylic acids is 2. The molecule has 0 aromatic heterocycles. The number of allylic oxidation sites excluding steroid dienone is 3. The van der Waals surface area contributed by atoms with E-state index in [-0.39, 0.29) is 17.8 Å². The Morgan fingerprint density at radius 3 is 2.42 bits per heavy atom. The third-order valence-electron chi connectivity index (χ3n) is 7.11. The van der Waals surface area contributed by atoms with Crippen LogP contribution in [-0.2, 0) is 14.3 Å². The summed E-state index contributed by atoms with van der Waals surface area (Å²) < 4.78 is 20.9. The predicted molar refractivity (Wildman–Crippen MR) is 124 cm³/mol. The van der Waals surface area contributed by atoms with Crippen molar-refractivity contribution in [1.82, 2.24) is 5.32 Å². The molecule has 4 nitrogen and oxygen atoms in total. The molecule has 2 atom stereocenters. The van der Waals surface area contributed by atoms with Crippen molar-refractivity contribution in [2.24, 2.45) is 0 Å². The van der Waals surface area contributed by atoms with Gasteiger partial charge in [-0.25, -0.2) is 9.18 Å². The Bertz CT molecular complexity index is 1140. The van der Waals surface area contributed by atoms with Gasteiger partial charge in [-0.2, -0.15) is 0 Å². The van der Waals surface area contributed by atoms with Crippen LogP contribution < -0.4 is 5.32 Å². The molecule has 2 aromatic carbocycles. The number of benzene rings is 2. The van der Waals surface area contributed by atoms with Crippen molar-refractivity contribution in [3.05, 3.63) is 94.1 Å². The lowest BCUT2D eigenvalue weighted by Gasteiger charge is -2.37. The van der Waals surface area contributed by atoms with E-state index in [4.69, 9.17) is 4.74 Å². The first-order chi connectivity index (χ1) is 16.0. The fourth-order valence-corrected chi connectivity index (χ4v) is 5.51. The molecule has 5 rings (SSSR count). The van der Waals surface area contributed by atoms with Gasteiger partial charge in [0, 0.05) is 29.0 Å². The highest BCUT2D eigenvalue weighted by Crippen LogP contribution is 2.46. The van der Waals surface area contributed by atoms with Crippen LogP contribution in [0.25, 0.3) is 0 Å². The Labute approximate surface area is 193 Å². The van der Waals surface area contributed by atoms with E-state index in [2.05, 4.69) is 5.32 Å². The minimum Gasteiger partial charge on any atom is -0.459 e. The van der Waals surface area contributed by atoms with E-state index < -0.39 is 17.7 Å². The van der Waals surface area contributed by atoms with E-state index in [1.165, 1.54) is 6.07 Å². The maximum absolute atomic E-state index is 15.0. The maximum atomic E-state index is 15.0. The molecule has 1 heterocycles. The SMILES string of the molecule is CC1=C(C(=O)OC2CCCC2)[C@H](c2ccccc2F)C2=C(C[C@@H](c3ccccc3)CC2=O)N1. The Balaban J connectivity index is 1.56. The molecule has 170 valence electrons. The summed E-state index contributed by atoms with van der Waals surface area (Å²) in [6.45, 7) is 1.82. The Kier molecular flexibility index (Phi) is 5.88. The van der Waals surface area contributed by atoms with Crippen LogP contribution in [0.1, 0.15) is 68.4 Å². The highest BCUT2D eigenvalue weighted by atomic mass is 19.1. The third kappa shape index (κ3) is 4.12. The van der Waals surface area contributed by atoms with Crippen molar-refractivity contribution in [2.45, 2.75) is 63.4 Å². The van der Waals surface area contributed by atoms with Crippen molar-refractivity contribution in [3.63, 3.8) is 0 Å². The molecule has 0 amide bonds. The van der Waals surface area contributed by atoms with E-state index in [1.54, 1.807) is 18.2 Å². The van der Waals surface area contributed by atoms with E-state index in [9.17, 15) is 9.59 Å². The zero-order valence-corrected chi connectivity index (χ0v) is 18.8. The van der Waals surface area contributed by atoms with Gasteiger partial charge in [0.05, 0.1) is 11.5 Å². The second kappa shape index (κ2) is 8.97. The molecule has 2 aliphatic carbocycles. The van der Waals surface area contributed by atoms with E-state index in [0.717, 1.165) is 36.9 Å². The molecule has 1 saturated carbocycles. The van der Waals surface area contributed by atoms with Crippen molar-refractivity contribution in [2.75, 3.05) is 0 Å². The Morgan fingerprint density at radius 2 is 1.70 bits per heavy atom. The molecular formula is C28H28FNO3. The summed E-state index contributed by atoms with van der Waals surface area (Å²) in [7, 11) is 0. The van der Waals surface area contributed by atoms with Crippen molar-refractivity contribution >= 4 is 11.8 Å². The lowest BCUT2D eigenvalue weighted by atomic mass is 9.71. The predicted octanol–water partition coefficient (Wildman–Crippen LogP) is 5.67. The van der Waals surface area contributed by atoms with Crippen LogP contribution in [0.15, 0.2) is 77.1 Å². The Hall–Kier alpha value is -3.21. The molecule has 0 saturated heterocycles. The van der Waals surface area contributed by atoms with Gasteiger partial charge in [0.2, 0.25) is 0 Å². The summed E-state index contributed by atoms with van der Waals surface area (Å²) in [5.74, 6) is -1.64. The van der Waals surface area contributed by atoms with E-state index in [1.807, 2.05) is 37.3 Å². The lowest BCUT2D eigenvalue weighted by molar-refractivity contribution is -0.144. The van der Waals surface area contributed by atoms with Gasteiger partial charge in [-0.05, 0) is 56.6 Å². The fraction of sp³-hybridized carbons (Fsp3) is 0.357. The van der Waals surface area contributed by atoms with Crippen molar-refractivity contribution < 1.29 is 18.7 Å². The summed E-state index contributed by atoms with van der Waals surface area (Å²) in [6, 6.07) is 16.4. The zero-order valence-electron chi connectivity index (χ0n) is 18.8. The van der Waals surface area contributed by atoms with E-state index in [0.29, 0.717) is 35.2 Å². The van der Waals surface area contributed by atoms with Gasteiger partial charge in [0.25, 0.3) is 0 Å². The van der Waals surface area contributed by atoms with Crippen LogP contribution in [-0.4, -0.2) is 17.9 Å². The zero-order chi connectivity index (χ0) is 22.9. The van der Waals surface area contributed by atoms with Crippen molar-refractivity contribution in [3.8, 4) is 0 Å². The van der Waals surface area contributed by atoms with Crippen molar-refractivity contribution in [1.29, 1.82) is 0 Å². The van der Waals surface area contributed by atoms with Crippen LogP contribution in [0.5, 0.6) is 0 Å². The number of nitrogens with one attached hydrogen (secondary N) is 1. The third-order valence-corrected chi connectivity index (χ3v) is 7.11. The molecule has 3 aliphatic rings. The van der Waals surface area contributed by atoms with Gasteiger partial charge in [-0.3, -0.25) is 4.79 Å². The van der Waals surface area contributed by atoms with Crippen LogP contribution in [0.4, 0.5) is 4.39 Å². The summed E-state index contributed by atoms with van der Waals surface area (Å²) in [4.78, 5) is 26.9. The minimum atomic E-state index is -0.763. The summed E-state index contributed by atoms with van der Waals surface area (Å²) >= 11 is 0. The molecular weight excluding hydrogens is 417 g/mol. The standard InChI is InChI=1S/C28H28FNO3/c1-17-25(28(32)33-20-11-5-6-12-20)26(21-13-7-8-14-22(21)29)27-23(30-17)15-19(16-24(27)31)18-9-3-2-4-10-18/h2-4,7-10,13-14,19-20,26,30H,5-6,11-12,15-16H2,1H3/t19-,26+/m1/s1. The van der Waals surface area contributed by atoms with Crippen LogP contribution >= 0.6 is 0 Å². The first-order valence-corrected chi connectivity index (χ1v) is 11.8. The topological polar surface area (TPSA) is 55.4 Å². The quantitative estimate of drug-likeness (QED) is 0.616. The minimum absolute atomic E-state index is 0.0472. The number of esters is 1. The second-order valence-electron chi connectivity index (χ2n) is 9.26. The molecule has 0 spiro atoms. The summed E-state index contributed by atoms with van der Waals surface area (Å²) in [5.41, 5.74) is 3.70. The lowest BCUT2D eigenvalue weighted by Crippen LogP contribution is -2.37. The molecule has 5 heteroatoms. The summed E-state index contributed by atoms with van der Waals surface area (Å²) in [6.07, 6.45) is 4.64. The highest BCUT2D eigenvalue weighted by molar-refractivity contribution is 6.04. The fourth-order valence-electron chi connectivity index (χ4n) is 5.51. The molecule has 33 heavy (non-hydrogen) atoms. The first kappa shape index (κ1) is 21.6. The average Bonchev–Trinajstić information content (AvgIpc) is 3.32. The number of carbonyl (C=O) groups is 2. The Morgan fingerprint density at radius 1 is 1.00 bits per heavy atom. The first-order valence-electron chi connectivity index (χ1n) is 11.8. The van der Waals surface area contributed by atoms with Gasteiger partial charge in [-0.1, -0.05) is 48.5 Å². The van der Waals surface area contributed by atoms with Crippen LogP contribution in [0.3, 0.4) is 0 Å². The molecule has 1 N–H and O–H groups in total. The summed E-state index contributed by atoms with van der Waals surface area (Å²) in [5, 5.41) is 3.34. The number of rotatable bonds is 4. The van der Waals surface area contributed by atoms with Gasteiger partial charge >= 0.3 is 5.97 Å². The number of dihydropyridines is 1. The molecule has 1 aliphatic heterocycles. The molecule has 2 aromatic rings. The van der Waals surface area contributed by atoms with Crippen LogP contribution in [0, 0.1) is 5.82 Å². The molecule has 1 fully saturated rings. The molecule has 0 radical (unpaired) electrons. The largest absolute Gasteiger partial charge is 0.459 e. The van der Waals surface area contributed by atoms with Gasteiger partial charge in [0.1, 0.15) is 11.9 Å². The number of ketones is 1. The van der Waals surface area contributed by atoms with E-state index >= 15 is 4.39 Å². The smallest absolute Gasteiger partial charge is 0.337 e. The van der Waals surface area contributed by atoms with Gasteiger partial charge in [0.15, 0.2) is 5.78 Å². The number of hydrogen-bond donors (Lipinski definition) is 1. The number of halogens is 1. The number of hydrogen-bond acceptors (Lipinski definition) is 4. The molecule has 0 bridgehead atoms. The monoisotopic (exact) mass is 445 g/mol. The number of Topliss-reactive ketones (excluding diaryl/α,β-unsaturated/α-hetero) is 1. The normalized spacial score (nSPS) is 23.4. The molecule has 0 unspecified atom stereocenters. The highest BCUT2D eigenvalue weighted by Gasteiger charge is 2.42. The van der Waals surface area contributed by atoms with Crippen LogP contribution in [0.2, 0.25) is 0 Å². The maximum Gasteiger partial charge on any atom is 0.337 e. The number of ether oxygens (including phenoxy) is 1. The van der Waals surface area contributed by atoms with Gasteiger partial charge in [-0.15, -0.1) is 0 Å².